The average molecular weight is 401 g/mol. The van der Waals surface area contributed by atoms with Crippen molar-refractivity contribution in [3.05, 3.63) is 58.8 Å². The molecular weight excluding hydrogens is 385 g/mol. The summed E-state index contributed by atoms with van der Waals surface area (Å²) in [4.78, 5) is 27.8. The topological polar surface area (TPSA) is 103 Å². The van der Waals surface area contributed by atoms with E-state index in [1.807, 2.05) is 0 Å². The number of thioether (sulfide) groups is 1. The van der Waals surface area contributed by atoms with Gasteiger partial charge in [-0.1, -0.05) is 6.07 Å². The minimum Gasteiger partial charge on any atom is -0.493 e. The predicted octanol–water partition coefficient (Wildman–Crippen LogP) is 2.59. The maximum absolute atomic E-state index is 13.0. The van der Waals surface area contributed by atoms with Crippen LogP contribution in [-0.4, -0.2) is 30.7 Å². The van der Waals surface area contributed by atoms with Crippen LogP contribution < -0.4 is 20.5 Å². The van der Waals surface area contributed by atoms with Crippen LogP contribution in [0.2, 0.25) is 0 Å². The van der Waals surface area contributed by atoms with Crippen LogP contribution in [0.4, 0.5) is 10.1 Å². The summed E-state index contributed by atoms with van der Waals surface area (Å²) in [7, 11) is 1.47. The van der Waals surface area contributed by atoms with Gasteiger partial charge in [0.2, 0.25) is 0 Å². The number of hydrogen-bond donors (Lipinski definition) is 2. The van der Waals surface area contributed by atoms with Crippen LogP contribution in [0.25, 0.3) is 6.08 Å². The van der Waals surface area contributed by atoms with Crippen LogP contribution in [-0.2, 0) is 9.59 Å². The molecule has 2 amide bonds. The molecule has 0 atom stereocenters. The molecule has 3 rings (SSSR count). The highest BCUT2D eigenvalue weighted by Crippen LogP contribution is 2.32. The van der Waals surface area contributed by atoms with Crippen LogP contribution in [0.15, 0.2) is 52.4 Å². The van der Waals surface area contributed by atoms with E-state index in [2.05, 4.69) is 10.3 Å². The van der Waals surface area contributed by atoms with Crippen molar-refractivity contribution in [1.29, 1.82) is 0 Å². The lowest BCUT2D eigenvalue weighted by Crippen LogP contribution is -2.20. The Morgan fingerprint density at radius 1 is 1.25 bits per heavy atom. The van der Waals surface area contributed by atoms with Gasteiger partial charge in [0.1, 0.15) is 5.82 Å². The highest BCUT2D eigenvalue weighted by Gasteiger charge is 2.24. The summed E-state index contributed by atoms with van der Waals surface area (Å²) < 4.78 is 23.5. The number of carbonyl (C=O) groups is 2. The standard InChI is InChI=1S/C19H16FN3O4S/c1-26-15-8-11(2-7-14(15)27-10-17(21)24)9-16-18(25)23-19(28-16)22-13-5-3-12(20)4-6-13/h2-9H,10H2,1H3,(H2,21,24)(H,22,23,25)/b16-9+. The number of amidine groups is 1. The minimum absolute atomic E-state index is 0.266. The van der Waals surface area contributed by atoms with Gasteiger partial charge in [-0.3, -0.25) is 9.59 Å². The fraction of sp³-hybridized carbons (Fsp3) is 0.105. The van der Waals surface area contributed by atoms with Gasteiger partial charge in [-0.15, -0.1) is 0 Å². The molecule has 1 aliphatic rings. The quantitative estimate of drug-likeness (QED) is 0.725. The van der Waals surface area contributed by atoms with Crippen molar-refractivity contribution >= 4 is 40.5 Å². The first-order valence-electron chi connectivity index (χ1n) is 8.09. The van der Waals surface area contributed by atoms with Gasteiger partial charge < -0.3 is 20.5 Å². The summed E-state index contributed by atoms with van der Waals surface area (Å²) in [6, 6.07) is 10.6. The Morgan fingerprint density at radius 2 is 2.00 bits per heavy atom. The van der Waals surface area contributed by atoms with Gasteiger partial charge in [0.05, 0.1) is 17.7 Å². The molecule has 1 fully saturated rings. The van der Waals surface area contributed by atoms with Crippen molar-refractivity contribution < 1.29 is 23.5 Å². The largest absolute Gasteiger partial charge is 0.493 e. The number of ether oxygens (including phenoxy) is 2. The van der Waals surface area contributed by atoms with Gasteiger partial charge in [0.25, 0.3) is 11.8 Å². The first-order chi connectivity index (χ1) is 13.4. The molecule has 0 radical (unpaired) electrons. The van der Waals surface area contributed by atoms with E-state index >= 15 is 0 Å². The van der Waals surface area contributed by atoms with Gasteiger partial charge in [-0.25, -0.2) is 9.38 Å². The summed E-state index contributed by atoms with van der Waals surface area (Å²) in [6.45, 7) is -0.266. The number of nitrogens with zero attached hydrogens (tertiary/aromatic N) is 1. The lowest BCUT2D eigenvalue weighted by molar-refractivity contribution is -0.120. The number of nitrogens with one attached hydrogen (secondary N) is 1. The lowest BCUT2D eigenvalue weighted by Gasteiger charge is -2.10. The molecule has 0 aromatic heterocycles. The van der Waals surface area contributed by atoms with Crippen molar-refractivity contribution in [2.24, 2.45) is 10.7 Å². The average Bonchev–Trinajstić information content (AvgIpc) is 3.01. The molecule has 0 spiro atoms. The Hall–Kier alpha value is -3.33. The molecule has 1 aliphatic heterocycles. The van der Waals surface area contributed by atoms with Crippen LogP contribution in [0.3, 0.4) is 0 Å². The molecule has 28 heavy (non-hydrogen) atoms. The number of rotatable bonds is 6. The van der Waals surface area contributed by atoms with E-state index in [-0.39, 0.29) is 18.3 Å². The third-order valence-electron chi connectivity index (χ3n) is 3.56. The number of carbonyl (C=O) groups excluding carboxylic acids is 2. The van der Waals surface area contributed by atoms with Crippen LogP contribution in [0, 0.1) is 5.82 Å². The first kappa shape index (κ1) is 19.4. The minimum atomic E-state index is -0.597. The Balaban J connectivity index is 1.78. The Labute approximate surface area is 164 Å². The van der Waals surface area contributed by atoms with E-state index in [1.54, 1.807) is 24.3 Å². The first-order valence-corrected chi connectivity index (χ1v) is 8.90. The third kappa shape index (κ3) is 4.89. The highest BCUT2D eigenvalue weighted by molar-refractivity contribution is 8.18. The maximum Gasteiger partial charge on any atom is 0.264 e. The molecule has 0 aliphatic carbocycles. The van der Waals surface area contributed by atoms with Crippen LogP contribution in [0.1, 0.15) is 5.56 Å². The number of primary amides is 1. The zero-order valence-corrected chi connectivity index (χ0v) is 15.6. The van der Waals surface area contributed by atoms with E-state index in [9.17, 15) is 14.0 Å². The molecule has 0 saturated carbocycles. The normalized spacial score (nSPS) is 16.3. The molecule has 3 N–H and O–H groups in total. The van der Waals surface area contributed by atoms with E-state index in [1.165, 1.54) is 43.1 Å². The van der Waals surface area contributed by atoms with Gasteiger partial charge in [-0.2, -0.15) is 0 Å². The lowest BCUT2D eigenvalue weighted by atomic mass is 10.2. The zero-order valence-electron chi connectivity index (χ0n) is 14.8. The Bertz CT molecular complexity index is 974. The zero-order chi connectivity index (χ0) is 20.1. The fourth-order valence-electron chi connectivity index (χ4n) is 2.31. The second-order valence-electron chi connectivity index (χ2n) is 5.62. The summed E-state index contributed by atoms with van der Waals surface area (Å²) >= 11 is 1.17. The molecule has 144 valence electrons. The molecule has 0 bridgehead atoms. The van der Waals surface area contributed by atoms with Gasteiger partial charge in [-0.05, 0) is 59.8 Å². The molecule has 2 aromatic rings. The number of hydrogen-bond acceptors (Lipinski definition) is 6. The van der Waals surface area contributed by atoms with Crippen LogP contribution in [0.5, 0.6) is 11.5 Å². The predicted molar refractivity (Wildman–Crippen MR) is 105 cm³/mol. The van der Waals surface area contributed by atoms with Gasteiger partial charge in [0.15, 0.2) is 23.3 Å². The number of benzene rings is 2. The smallest absolute Gasteiger partial charge is 0.264 e. The SMILES string of the molecule is COc1cc(/C=C2/SC(=Nc3ccc(F)cc3)NC2=O)ccc1OCC(N)=O. The number of aliphatic imine (C=N–C) groups is 1. The summed E-state index contributed by atoms with van der Waals surface area (Å²) in [6.07, 6.45) is 1.67. The Morgan fingerprint density at radius 3 is 2.68 bits per heavy atom. The molecule has 0 unspecified atom stereocenters. The fourth-order valence-corrected chi connectivity index (χ4v) is 3.15. The van der Waals surface area contributed by atoms with Gasteiger partial charge in [0, 0.05) is 0 Å². The molecule has 1 saturated heterocycles. The Kier molecular flexibility index (Phi) is 5.95. The van der Waals surface area contributed by atoms with Gasteiger partial charge >= 0.3 is 0 Å². The van der Waals surface area contributed by atoms with E-state index < -0.39 is 5.91 Å². The van der Waals surface area contributed by atoms with Crippen molar-refractivity contribution in [3.63, 3.8) is 0 Å². The van der Waals surface area contributed by atoms with E-state index in [0.29, 0.717) is 32.8 Å². The van der Waals surface area contributed by atoms with Crippen molar-refractivity contribution in [2.45, 2.75) is 0 Å². The van der Waals surface area contributed by atoms with E-state index in [0.717, 1.165) is 0 Å². The number of amides is 2. The molecule has 1 heterocycles. The molecular formula is C19H16FN3O4S. The second-order valence-corrected chi connectivity index (χ2v) is 6.65. The highest BCUT2D eigenvalue weighted by atomic mass is 32.2. The monoisotopic (exact) mass is 401 g/mol. The molecule has 9 heteroatoms. The number of nitrogens with two attached hydrogens (primary N) is 1. The molecule has 7 nitrogen and oxygen atoms in total. The third-order valence-corrected chi connectivity index (χ3v) is 4.47. The van der Waals surface area contributed by atoms with Crippen molar-refractivity contribution in [1.82, 2.24) is 5.32 Å². The van der Waals surface area contributed by atoms with Crippen molar-refractivity contribution in [2.75, 3.05) is 13.7 Å². The molecule has 2 aromatic carbocycles. The van der Waals surface area contributed by atoms with E-state index in [4.69, 9.17) is 15.2 Å². The second kappa shape index (κ2) is 8.57. The van der Waals surface area contributed by atoms with Crippen molar-refractivity contribution in [3.8, 4) is 11.5 Å². The van der Waals surface area contributed by atoms with Crippen LogP contribution >= 0.6 is 11.8 Å². The number of methoxy groups -OCH3 is 1. The summed E-state index contributed by atoms with van der Waals surface area (Å²) in [5, 5.41) is 3.06. The summed E-state index contributed by atoms with van der Waals surface area (Å²) in [5.74, 6) is -0.478. The number of halogens is 1. The maximum atomic E-state index is 13.0. The summed E-state index contributed by atoms with van der Waals surface area (Å²) in [5.41, 5.74) is 6.30.